The molecule has 0 bridgehead atoms. The number of nitrogens with zero attached hydrogens (tertiary/aromatic N) is 3. The number of hydrogen-bond acceptors (Lipinski definition) is 5. The Balaban J connectivity index is 1.45. The van der Waals surface area contributed by atoms with Crippen molar-refractivity contribution in [2.24, 2.45) is 0 Å². The van der Waals surface area contributed by atoms with Gasteiger partial charge in [0.15, 0.2) is 17.6 Å². The Hall–Kier alpha value is -2.52. The topological polar surface area (TPSA) is 69.0 Å². The van der Waals surface area contributed by atoms with E-state index in [9.17, 15) is 4.79 Å². The maximum absolute atomic E-state index is 12.4. The van der Waals surface area contributed by atoms with Crippen LogP contribution in [-0.4, -0.2) is 27.3 Å². The Morgan fingerprint density at radius 2 is 1.76 bits per heavy atom. The third-order valence-corrected chi connectivity index (χ3v) is 6.69. The largest absolute Gasteiger partial charge is 0.484 e. The van der Waals surface area contributed by atoms with E-state index >= 15 is 0 Å². The minimum atomic E-state index is -0.278. The third kappa shape index (κ3) is 6.76. The van der Waals surface area contributed by atoms with E-state index in [2.05, 4.69) is 43.6 Å². The average Bonchev–Trinajstić information content (AvgIpc) is 3.25. The molecule has 0 saturated carbocycles. The van der Waals surface area contributed by atoms with Crippen LogP contribution in [0.5, 0.6) is 5.75 Å². The van der Waals surface area contributed by atoms with E-state index in [1.807, 2.05) is 34.9 Å². The lowest BCUT2D eigenvalue weighted by Gasteiger charge is -2.12. The molecule has 6 nitrogen and oxygen atoms in total. The van der Waals surface area contributed by atoms with Gasteiger partial charge < -0.3 is 10.1 Å². The fraction of sp³-hybridized carbons (Fsp3) is 0.125. The molecule has 1 aromatic heterocycles. The van der Waals surface area contributed by atoms with Gasteiger partial charge in [-0.25, -0.2) is 0 Å². The van der Waals surface area contributed by atoms with Gasteiger partial charge in [-0.2, -0.15) is 0 Å². The van der Waals surface area contributed by atoms with Crippen LogP contribution in [0.4, 0.5) is 0 Å². The van der Waals surface area contributed by atoms with E-state index in [1.165, 1.54) is 0 Å². The molecule has 0 unspecified atom stereocenters. The number of amides is 1. The zero-order valence-electron chi connectivity index (χ0n) is 17.7. The predicted molar refractivity (Wildman–Crippen MR) is 139 cm³/mol. The molecule has 10 heteroatoms. The Morgan fingerprint density at radius 3 is 2.50 bits per heavy atom. The summed E-state index contributed by atoms with van der Waals surface area (Å²) in [6, 6.07) is 22.4. The fourth-order valence-corrected chi connectivity index (χ4v) is 4.52. The molecule has 1 amide bonds. The highest BCUT2D eigenvalue weighted by Gasteiger charge is 2.16. The Morgan fingerprint density at radius 1 is 1.00 bits per heavy atom. The zero-order chi connectivity index (χ0) is 23.9. The number of rotatable bonds is 9. The van der Waals surface area contributed by atoms with Crippen LogP contribution in [0.15, 0.2) is 82.4 Å². The van der Waals surface area contributed by atoms with E-state index in [0.29, 0.717) is 32.5 Å². The van der Waals surface area contributed by atoms with Crippen LogP contribution in [0.2, 0.25) is 10.0 Å². The van der Waals surface area contributed by atoms with Crippen LogP contribution in [0.3, 0.4) is 0 Å². The first-order valence-corrected chi connectivity index (χ1v) is 12.7. The van der Waals surface area contributed by atoms with E-state index in [4.69, 9.17) is 27.9 Å². The first-order valence-electron chi connectivity index (χ1n) is 10.2. The van der Waals surface area contributed by atoms with Crippen molar-refractivity contribution in [2.75, 3.05) is 6.61 Å². The van der Waals surface area contributed by atoms with Crippen LogP contribution in [0.1, 0.15) is 11.4 Å². The predicted octanol–water partition coefficient (Wildman–Crippen LogP) is 6.32. The molecule has 3 aromatic carbocycles. The molecule has 0 aliphatic carbocycles. The van der Waals surface area contributed by atoms with E-state index in [1.54, 1.807) is 42.1 Å². The summed E-state index contributed by atoms with van der Waals surface area (Å²) in [5.41, 5.74) is 1.97. The SMILES string of the molecule is O=C(COc1ccc(Cl)cc1)NCc1nnc(SCc2ccc(Br)cc2)n1-c1cccc(Cl)c1. The summed E-state index contributed by atoms with van der Waals surface area (Å²) in [5, 5.41) is 13.4. The monoisotopic (exact) mass is 576 g/mol. The van der Waals surface area contributed by atoms with Gasteiger partial charge in [0, 0.05) is 20.3 Å². The van der Waals surface area contributed by atoms with Gasteiger partial charge in [-0.3, -0.25) is 9.36 Å². The van der Waals surface area contributed by atoms with E-state index < -0.39 is 0 Å². The number of carbonyl (C=O) groups excluding carboxylic acids is 1. The number of nitrogens with one attached hydrogen (secondary N) is 1. The summed E-state index contributed by atoms with van der Waals surface area (Å²) in [4.78, 5) is 12.4. The summed E-state index contributed by atoms with van der Waals surface area (Å²) in [6.45, 7) is 0.0548. The van der Waals surface area contributed by atoms with Gasteiger partial charge in [0.25, 0.3) is 5.91 Å². The van der Waals surface area contributed by atoms with Crippen LogP contribution >= 0.6 is 50.9 Å². The van der Waals surface area contributed by atoms with Gasteiger partial charge in [0.2, 0.25) is 0 Å². The lowest BCUT2D eigenvalue weighted by atomic mass is 10.2. The fourth-order valence-electron chi connectivity index (χ4n) is 3.02. The van der Waals surface area contributed by atoms with Crippen LogP contribution in [0, 0.1) is 0 Å². The lowest BCUT2D eigenvalue weighted by Crippen LogP contribution is -2.29. The molecule has 0 fully saturated rings. The second kappa shape index (κ2) is 11.8. The smallest absolute Gasteiger partial charge is 0.258 e. The molecule has 0 saturated heterocycles. The third-order valence-electron chi connectivity index (χ3n) is 4.68. The summed E-state index contributed by atoms with van der Waals surface area (Å²) in [5.74, 6) is 1.58. The van der Waals surface area contributed by atoms with Crippen molar-refractivity contribution < 1.29 is 9.53 Å². The Kier molecular flexibility index (Phi) is 8.50. The van der Waals surface area contributed by atoms with Crippen molar-refractivity contribution in [1.82, 2.24) is 20.1 Å². The zero-order valence-corrected chi connectivity index (χ0v) is 21.7. The maximum Gasteiger partial charge on any atom is 0.258 e. The summed E-state index contributed by atoms with van der Waals surface area (Å²) in [7, 11) is 0. The Bertz CT molecular complexity index is 1270. The molecule has 0 atom stereocenters. The molecule has 174 valence electrons. The number of benzene rings is 3. The van der Waals surface area contributed by atoms with Crippen molar-refractivity contribution in [3.8, 4) is 11.4 Å². The molecule has 0 aliphatic heterocycles. The molecule has 0 aliphatic rings. The number of aromatic nitrogens is 3. The van der Waals surface area contributed by atoms with E-state index in [-0.39, 0.29) is 19.1 Å². The Labute approximate surface area is 219 Å². The normalized spacial score (nSPS) is 10.8. The highest BCUT2D eigenvalue weighted by atomic mass is 79.9. The van der Waals surface area contributed by atoms with Crippen LogP contribution in [0.25, 0.3) is 5.69 Å². The number of halogens is 3. The minimum absolute atomic E-state index is 0.127. The summed E-state index contributed by atoms with van der Waals surface area (Å²) < 4.78 is 8.43. The average molecular weight is 578 g/mol. The van der Waals surface area contributed by atoms with Crippen molar-refractivity contribution in [3.05, 3.63) is 98.7 Å². The molecule has 1 heterocycles. The van der Waals surface area contributed by atoms with Gasteiger partial charge in [-0.15, -0.1) is 10.2 Å². The molecule has 1 N–H and O–H groups in total. The quantitative estimate of drug-likeness (QED) is 0.236. The van der Waals surface area contributed by atoms with Gasteiger partial charge >= 0.3 is 0 Å². The second-order valence-electron chi connectivity index (χ2n) is 7.15. The highest BCUT2D eigenvalue weighted by molar-refractivity contribution is 9.10. The highest BCUT2D eigenvalue weighted by Crippen LogP contribution is 2.27. The van der Waals surface area contributed by atoms with Gasteiger partial charge in [-0.05, 0) is 60.2 Å². The minimum Gasteiger partial charge on any atom is -0.484 e. The number of hydrogen-bond donors (Lipinski definition) is 1. The summed E-state index contributed by atoms with van der Waals surface area (Å²) >= 11 is 17.1. The van der Waals surface area contributed by atoms with Crippen molar-refractivity contribution >= 4 is 56.8 Å². The number of ether oxygens (including phenoxy) is 1. The first-order chi connectivity index (χ1) is 16.5. The van der Waals surface area contributed by atoms with Crippen molar-refractivity contribution in [1.29, 1.82) is 0 Å². The number of thioether (sulfide) groups is 1. The number of carbonyl (C=O) groups is 1. The molecule has 0 spiro atoms. The first kappa shape index (κ1) is 24.6. The molecule has 34 heavy (non-hydrogen) atoms. The van der Waals surface area contributed by atoms with Crippen LogP contribution in [-0.2, 0) is 17.1 Å². The van der Waals surface area contributed by atoms with Gasteiger partial charge in [-0.1, -0.05) is 69.1 Å². The van der Waals surface area contributed by atoms with Gasteiger partial charge in [0.05, 0.1) is 12.2 Å². The maximum atomic E-state index is 12.4. The van der Waals surface area contributed by atoms with E-state index in [0.717, 1.165) is 15.7 Å². The van der Waals surface area contributed by atoms with Gasteiger partial charge in [0.1, 0.15) is 5.75 Å². The molecular weight excluding hydrogens is 559 g/mol. The standard InChI is InChI=1S/C24H19BrCl2N4O2S/c25-17-6-4-16(5-7-17)15-34-24-30-29-22(31(24)20-3-1-2-19(27)12-20)13-28-23(32)14-33-21-10-8-18(26)9-11-21/h1-12H,13-15H2,(H,28,32). The summed E-state index contributed by atoms with van der Waals surface area (Å²) in [6.07, 6.45) is 0. The molecule has 4 rings (SSSR count). The molecule has 0 radical (unpaired) electrons. The van der Waals surface area contributed by atoms with Crippen molar-refractivity contribution in [3.63, 3.8) is 0 Å². The molecule has 4 aromatic rings. The van der Waals surface area contributed by atoms with Crippen LogP contribution < -0.4 is 10.1 Å². The molecular formula is C24H19BrCl2N4O2S. The van der Waals surface area contributed by atoms with Crippen molar-refractivity contribution in [2.45, 2.75) is 17.5 Å². The second-order valence-corrected chi connectivity index (χ2v) is 9.88. The lowest BCUT2D eigenvalue weighted by molar-refractivity contribution is -0.123.